The third kappa shape index (κ3) is 19.1. The number of aliphatic hydroxyl groups excluding tert-OH is 3. The maximum Gasteiger partial charge on any atom is 0.246 e. The molecule has 3 unspecified atom stereocenters. The van der Waals surface area contributed by atoms with Crippen LogP contribution in [-0.4, -0.2) is 218 Å². The SMILES string of the molecule is CC[C@H](C)[C@@H]1NC(=O)CNC(=O)C2Cc3c([nH]c4ccccc34)CC[C@H](NC(=O)CNC1=O)C(=O)N[C@@H](CC(=O)NCc1ccc(NC(=O)[C@H](C)NC(=O)C(NC(=O)CCN3C(=O)CC(SC)C3=O)C(C)C)cc1)C(=O)N1C[C@H](O)C[C@H]1C(=O)N[C@@H]([C@@H](C)[C@@H](O)CO)C(=O)N2. The number of aliphatic hydroxyl groups is 3. The Bertz CT molecular complexity index is 3400. The van der Waals surface area contributed by atoms with E-state index in [-0.39, 0.29) is 62.7 Å². The minimum atomic E-state index is -1.83. The number of aromatic nitrogens is 1. The normalized spacial score (nSPS) is 24.5. The second-order valence-corrected chi connectivity index (χ2v) is 25.8. The van der Waals surface area contributed by atoms with E-state index in [9.17, 15) is 77.6 Å². The summed E-state index contributed by atoms with van der Waals surface area (Å²) >= 11 is 1.24. The zero-order valence-electron chi connectivity index (χ0n) is 54.0. The number of rotatable bonds is 19. The third-order valence-corrected chi connectivity index (χ3v) is 18.4. The zero-order valence-corrected chi connectivity index (χ0v) is 54.8. The number of carbonyl (C=O) groups is 14. The molecule has 0 spiro atoms. The van der Waals surface area contributed by atoms with Gasteiger partial charge in [-0.3, -0.25) is 72.0 Å². The van der Waals surface area contributed by atoms with Gasteiger partial charge in [0.2, 0.25) is 82.7 Å². The predicted octanol–water partition coefficient (Wildman–Crippen LogP) is -3.51. The van der Waals surface area contributed by atoms with Crippen molar-refractivity contribution in [2.45, 2.75) is 165 Å². The van der Waals surface area contributed by atoms with Gasteiger partial charge in [0.05, 0.1) is 43.6 Å². The van der Waals surface area contributed by atoms with Gasteiger partial charge in [-0.05, 0) is 67.2 Å². The van der Waals surface area contributed by atoms with Crippen LogP contribution in [0.15, 0.2) is 48.5 Å². The van der Waals surface area contributed by atoms with Crippen LogP contribution >= 0.6 is 11.8 Å². The summed E-state index contributed by atoms with van der Waals surface area (Å²) in [5, 5.41) is 60.9. The molecule has 3 aromatic rings. The van der Waals surface area contributed by atoms with Gasteiger partial charge in [0, 0.05) is 73.5 Å². The number of amides is 14. The van der Waals surface area contributed by atoms with Crippen LogP contribution < -0.4 is 58.5 Å². The Kier molecular flexibility index (Phi) is 25.8. The molecule has 14 amide bonds. The minimum Gasteiger partial charge on any atom is -0.394 e. The van der Waals surface area contributed by atoms with E-state index in [1.165, 1.54) is 37.7 Å². The van der Waals surface area contributed by atoms with Crippen molar-refractivity contribution in [2.75, 3.05) is 44.4 Å². The summed E-state index contributed by atoms with van der Waals surface area (Å²) < 4.78 is 0. The Morgan fingerprint density at radius 1 is 0.726 bits per heavy atom. The van der Waals surface area contributed by atoms with Crippen molar-refractivity contribution in [3.05, 3.63) is 65.4 Å². The summed E-state index contributed by atoms with van der Waals surface area (Å²) in [4.78, 5) is 199. The first-order valence-corrected chi connectivity index (χ1v) is 32.9. The van der Waals surface area contributed by atoms with Gasteiger partial charge in [-0.15, -0.1) is 0 Å². The number of anilines is 1. The number of hydrogen-bond acceptors (Lipinski definition) is 18. The molecule has 15 N–H and O–H groups in total. The lowest BCUT2D eigenvalue weighted by molar-refractivity contribution is -0.144. The second-order valence-electron chi connectivity index (χ2n) is 24.7. The van der Waals surface area contributed by atoms with Gasteiger partial charge in [-0.2, -0.15) is 11.8 Å². The summed E-state index contributed by atoms with van der Waals surface area (Å²) in [5.41, 5.74) is 2.17. The van der Waals surface area contributed by atoms with E-state index in [0.717, 1.165) is 9.80 Å². The fourth-order valence-electron chi connectivity index (χ4n) is 11.6. The molecule has 4 aliphatic heterocycles. The van der Waals surface area contributed by atoms with Crippen LogP contribution in [0.5, 0.6) is 0 Å². The molecule has 516 valence electrons. The van der Waals surface area contributed by atoms with E-state index < -0.39 is 194 Å². The van der Waals surface area contributed by atoms with Crippen LogP contribution in [-0.2, 0) is 86.5 Å². The summed E-state index contributed by atoms with van der Waals surface area (Å²) in [7, 11) is 0. The molecule has 31 nitrogen and oxygen atoms in total. The molecule has 5 heterocycles. The predicted molar refractivity (Wildman–Crippen MR) is 343 cm³/mol. The molecule has 32 heteroatoms. The molecule has 0 aliphatic carbocycles. The van der Waals surface area contributed by atoms with Crippen LogP contribution in [0.2, 0.25) is 0 Å². The number of carbonyl (C=O) groups excluding carboxylic acids is 14. The van der Waals surface area contributed by atoms with Gasteiger partial charge in [-0.25, -0.2) is 0 Å². The molecule has 1 aromatic heterocycles. The Morgan fingerprint density at radius 3 is 2.07 bits per heavy atom. The summed E-state index contributed by atoms with van der Waals surface area (Å²) in [6.45, 7) is 6.44. The van der Waals surface area contributed by atoms with Gasteiger partial charge in [-0.1, -0.05) is 71.4 Å². The second kappa shape index (κ2) is 33.4. The highest BCUT2D eigenvalue weighted by Crippen LogP contribution is 2.28. The number of aryl methyl sites for hydroxylation is 1. The number of para-hydroxylation sites is 1. The molecule has 13 atom stereocenters. The molecule has 4 aliphatic rings. The third-order valence-electron chi connectivity index (χ3n) is 17.5. The Labute approximate surface area is 552 Å². The first kappa shape index (κ1) is 73.4. The van der Waals surface area contributed by atoms with Gasteiger partial charge < -0.3 is 83.7 Å². The standard InChI is InChI=1S/C63H86N14O17S/c1-8-31(4)53-59(90)66-26-49(83)70-41-18-17-40-38(37-11-9-10-12-39(37)69-40)22-42(56(87)65-27-50(84)74-53)71-61(92)54(32(5)45(80)29-78)75-58(89)44-21-36(79)28-77(44)62(93)43(72-57(41)88)23-48(82)64-25-34-13-15-35(16-14-34)68-55(86)33(6)67-60(91)52(30(2)3)73-47(81)19-20-76-51(85)24-46(95-7)63(76)94/h9-16,30-33,36,41-46,52-54,69,78-80H,8,17-29H2,1-7H3,(H,64,82)(H,65,87)(H,66,90)(H,67,91)(H,68,86)(H,70,83)(H,71,92)(H,72,88)(H,73,81)(H,74,84)(H,75,89)/t31-,32-,33-,36+,41-,42?,43-,44-,45-,46?,52?,53-,54-/m0/s1. The highest BCUT2D eigenvalue weighted by Gasteiger charge is 2.45. The van der Waals surface area contributed by atoms with E-state index >= 15 is 4.79 Å². The number of imide groups is 1. The Hall–Kier alpha value is -9.01. The molecule has 2 saturated heterocycles. The molecule has 2 aromatic carbocycles. The van der Waals surface area contributed by atoms with Crippen molar-refractivity contribution in [3.63, 3.8) is 0 Å². The number of H-pyrrole nitrogens is 1. The minimum absolute atomic E-state index is 0.0414. The lowest BCUT2D eigenvalue weighted by Gasteiger charge is -2.33. The highest BCUT2D eigenvalue weighted by molar-refractivity contribution is 8.00. The van der Waals surface area contributed by atoms with Crippen LogP contribution in [0.4, 0.5) is 5.69 Å². The zero-order chi connectivity index (χ0) is 69.5. The number of nitrogens with one attached hydrogen (secondary N) is 12. The van der Waals surface area contributed by atoms with Crippen LogP contribution in [0.1, 0.15) is 96.9 Å². The van der Waals surface area contributed by atoms with Gasteiger partial charge in [0.15, 0.2) is 0 Å². The van der Waals surface area contributed by atoms with E-state index in [4.69, 9.17) is 0 Å². The molecular weight excluding hydrogens is 1260 g/mol. The largest absolute Gasteiger partial charge is 0.394 e. The lowest BCUT2D eigenvalue weighted by atomic mass is 9.93. The van der Waals surface area contributed by atoms with Gasteiger partial charge in [0.25, 0.3) is 0 Å². The Morgan fingerprint density at radius 2 is 1.41 bits per heavy atom. The molecular formula is C63H86N14O17S. The van der Waals surface area contributed by atoms with Gasteiger partial charge >= 0.3 is 0 Å². The first-order valence-electron chi connectivity index (χ1n) is 31.7. The lowest BCUT2D eigenvalue weighted by Crippen LogP contribution is -2.62. The number of thioether (sulfide) groups is 1. The van der Waals surface area contributed by atoms with E-state index in [0.29, 0.717) is 34.1 Å². The molecule has 2 fully saturated rings. The van der Waals surface area contributed by atoms with Crippen molar-refractivity contribution >= 4 is 111 Å². The maximum absolute atomic E-state index is 15.0. The number of benzene rings is 2. The van der Waals surface area contributed by atoms with E-state index in [1.54, 1.807) is 70.3 Å². The average molecular weight is 1340 g/mol. The van der Waals surface area contributed by atoms with Crippen LogP contribution in [0.25, 0.3) is 10.9 Å². The monoisotopic (exact) mass is 1340 g/mol. The fraction of sp³-hybridized carbons (Fsp3) is 0.556. The molecule has 2 bridgehead atoms. The summed E-state index contributed by atoms with van der Waals surface area (Å²) in [6, 6.07) is 1.35. The van der Waals surface area contributed by atoms with Crippen LogP contribution in [0, 0.1) is 17.8 Å². The van der Waals surface area contributed by atoms with E-state index in [2.05, 4.69) is 63.5 Å². The molecule has 0 saturated carbocycles. The van der Waals surface area contributed by atoms with Crippen molar-refractivity contribution in [1.82, 2.24) is 68.0 Å². The van der Waals surface area contributed by atoms with Crippen LogP contribution in [0.3, 0.4) is 0 Å². The molecule has 95 heavy (non-hydrogen) atoms. The van der Waals surface area contributed by atoms with Gasteiger partial charge in [0.1, 0.15) is 48.3 Å². The maximum atomic E-state index is 15.0. The quantitative estimate of drug-likeness (QED) is 0.0518. The molecule has 7 rings (SSSR count). The number of likely N-dealkylation sites (tertiary alicyclic amines) is 1. The molecule has 0 radical (unpaired) electrons. The first-order chi connectivity index (χ1) is 45.1. The smallest absolute Gasteiger partial charge is 0.246 e. The number of aromatic amines is 1. The van der Waals surface area contributed by atoms with Crippen molar-refractivity contribution in [3.8, 4) is 0 Å². The van der Waals surface area contributed by atoms with E-state index in [1.807, 2.05) is 0 Å². The van der Waals surface area contributed by atoms with Crippen molar-refractivity contribution < 1.29 is 82.4 Å². The Balaban J connectivity index is 1.13. The average Bonchev–Trinajstić information content (AvgIpc) is 1.77. The number of fused-ring (bicyclic) bond motifs is 5. The highest BCUT2D eigenvalue weighted by atomic mass is 32.2. The number of nitrogens with zero attached hydrogens (tertiary/aromatic N) is 2. The summed E-state index contributed by atoms with van der Waals surface area (Å²) in [6.07, 6.45) is -2.96. The summed E-state index contributed by atoms with van der Waals surface area (Å²) in [5.74, 6) is -13.2. The fourth-order valence-corrected chi connectivity index (χ4v) is 12.2. The topological polar surface area (TPSA) is 454 Å². The van der Waals surface area contributed by atoms with Crippen molar-refractivity contribution in [2.24, 2.45) is 17.8 Å². The van der Waals surface area contributed by atoms with Crippen molar-refractivity contribution in [1.29, 1.82) is 0 Å². The number of hydrogen-bond donors (Lipinski definition) is 15.